The highest BCUT2D eigenvalue weighted by atomic mass is 16.3. The molecule has 0 aliphatic carbocycles. The molecule has 0 heterocycles. The third-order valence-electron chi connectivity index (χ3n) is 1.83. The summed E-state index contributed by atoms with van der Waals surface area (Å²) in [5, 5.41) is 11.8. The number of phenolic OH excluding ortho intramolecular Hbond substituents is 1. The number of hydrogen-bond donors (Lipinski definition) is 2. The van der Waals surface area contributed by atoms with Crippen molar-refractivity contribution in [2.45, 2.75) is 13.3 Å². The Hall–Kier alpha value is -1.95. The SMILES string of the molecule is CC#CCNC(=O)Cc1cccc(O)c1. The van der Waals surface area contributed by atoms with Crippen LogP contribution < -0.4 is 5.32 Å². The molecule has 0 saturated heterocycles. The van der Waals surface area contributed by atoms with Crippen LogP contribution in [0.15, 0.2) is 24.3 Å². The number of carbonyl (C=O) groups excluding carboxylic acids is 1. The third-order valence-corrected chi connectivity index (χ3v) is 1.83. The smallest absolute Gasteiger partial charge is 0.225 e. The molecular formula is C12H13NO2. The lowest BCUT2D eigenvalue weighted by Crippen LogP contribution is -2.25. The van der Waals surface area contributed by atoms with E-state index in [9.17, 15) is 9.90 Å². The van der Waals surface area contributed by atoms with Crippen LogP contribution in [0.25, 0.3) is 0 Å². The lowest BCUT2D eigenvalue weighted by atomic mass is 10.1. The van der Waals surface area contributed by atoms with E-state index in [4.69, 9.17) is 0 Å². The zero-order chi connectivity index (χ0) is 11.1. The first kappa shape index (κ1) is 11.1. The van der Waals surface area contributed by atoms with Gasteiger partial charge in [0.15, 0.2) is 0 Å². The van der Waals surface area contributed by atoms with E-state index >= 15 is 0 Å². The van der Waals surface area contributed by atoms with Crippen molar-refractivity contribution in [3.8, 4) is 17.6 Å². The number of carbonyl (C=O) groups is 1. The molecule has 0 radical (unpaired) electrons. The highest BCUT2D eigenvalue weighted by molar-refractivity contribution is 5.78. The van der Waals surface area contributed by atoms with Crippen LogP contribution in [0.5, 0.6) is 5.75 Å². The van der Waals surface area contributed by atoms with E-state index in [2.05, 4.69) is 17.2 Å². The summed E-state index contributed by atoms with van der Waals surface area (Å²) in [4.78, 5) is 11.3. The molecule has 0 atom stereocenters. The second kappa shape index (κ2) is 5.71. The van der Waals surface area contributed by atoms with Crippen molar-refractivity contribution in [2.75, 3.05) is 6.54 Å². The molecular weight excluding hydrogens is 190 g/mol. The first-order valence-corrected chi connectivity index (χ1v) is 4.66. The van der Waals surface area contributed by atoms with Crippen LogP contribution in [-0.2, 0) is 11.2 Å². The summed E-state index contributed by atoms with van der Waals surface area (Å²) in [6.07, 6.45) is 0.264. The summed E-state index contributed by atoms with van der Waals surface area (Å²) in [5.74, 6) is 5.52. The molecule has 0 saturated carbocycles. The molecule has 0 aromatic heterocycles. The molecule has 0 aliphatic rings. The molecule has 15 heavy (non-hydrogen) atoms. The average molecular weight is 203 g/mol. The predicted molar refractivity (Wildman–Crippen MR) is 58.3 cm³/mol. The minimum Gasteiger partial charge on any atom is -0.508 e. The summed E-state index contributed by atoms with van der Waals surface area (Å²) < 4.78 is 0. The fourth-order valence-corrected chi connectivity index (χ4v) is 1.15. The lowest BCUT2D eigenvalue weighted by molar-refractivity contribution is -0.120. The maximum atomic E-state index is 11.3. The van der Waals surface area contributed by atoms with Gasteiger partial charge in [0.1, 0.15) is 5.75 Å². The van der Waals surface area contributed by atoms with Crippen LogP contribution in [0.3, 0.4) is 0 Å². The largest absolute Gasteiger partial charge is 0.508 e. The standard InChI is InChI=1S/C12H13NO2/c1-2-3-7-13-12(15)9-10-5-4-6-11(14)8-10/h4-6,8,14H,7,9H2,1H3,(H,13,15). The monoisotopic (exact) mass is 203 g/mol. The molecule has 0 bridgehead atoms. The zero-order valence-electron chi connectivity index (χ0n) is 8.58. The molecule has 0 unspecified atom stereocenters. The topological polar surface area (TPSA) is 49.3 Å². The number of benzene rings is 1. The fourth-order valence-electron chi connectivity index (χ4n) is 1.15. The molecule has 3 heteroatoms. The Morgan fingerprint density at radius 2 is 2.33 bits per heavy atom. The predicted octanol–water partition coefficient (Wildman–Crippen LogP) is 1.07. The van der Waals surface area contributed by atoms with Gasteiger partial charge in [-0.2, -0.15) is 0 Å². The summed E-state index contributed by atoms with van der Waals surface area (Å²) in [6.45, 7) is 2.09. The van der Waals surface area contributed by atoms with Crippen LogP contribution in [0.1, 0.15) is 12.5 Å². The van der Waals surface area contributed by atoms with Gasteiger partial charge in [-0.3, -0.25) is 4.79 Å². The quantitative estimate of drug-likeness (QED) is 0.722. The average Bonchev–Trinajstić information content (AvgIpc) is 2.18. The van der Waals surface area contributed by atoms with Crippen LogP contribution in [0.4, 0.5) is 0 Å². The molecule has 3 nitrogen and oxygen atoms in total. The number of rotatable bonds is 3. The number of nitrogens with one attached hydrogen (secondary N) is 1. The summed E-state index contributed by atoms with van der Waals surface area (Å²) >= 11 is 0. The van der Waals surface area contributed by atoms with Crippen LogP contribution >= 0.6 is 0 Å². The van der Waals surface area contributed by atoms with E-state index in [-0.39, 0.29) is 18.1 Å². The molecule has 0 spiro atoms. The normalized spacial score (nSPS) is 8.87. The fraction of sp³-hybridized carbons (Fsp3) is 0.250. The van der Waals surface area contributed by atoms with Crippen molar-refractivity contribution in [3.63, 3.8) is 0 Å². The molecule has 1 aromatic carbocycles. The van der Waals surface area contributed by atoms with Crippen molar-refractivity contribution < 1.29 is 9.90 Å². The maximum Gasteiger partial charge on any atom is 0.225 e. The van der Waals surface area contributed by atoms with E-state index < -0.39 is 0 Å². The number of amides is 1. The van der Waals surface area contributed by atoms with Gasteiger partial charge < -0.3 is 10.4 Å². The minimum atomic E-state index is -0.0941. The summed E-state index contributed by atoms with van der Waals surface area (Å²) in [5.41, 5.74) is 0.789. The van der Waals surface area contributed by atoms with E-state index in [0.717, 1.165) is 5.56 Å². The van der Waals surface area contributed by atoms with Crippen LogP contribution in [-0.4, -0.2) is 17.6 Å². The van der Waals surface area contributed by atoms with Gasteiger partial charge in [0, 0.05) is 0 Å². The van der Waals surface area contributed by atoms with Gasteiger partial charge >= 0.3 is 0 Å². The van der Waals surface area contributed by atoms with Gasteiger partial charge in [-0.15, -0.1) is 5.92 Å². The molecule has 1 aromatic rings. The number of aromatic hydroxyl groups is 1. The number of hydrogen-bond acceptors (Lipinski definition) is 2. The second-order valence-corrected chi connectivity index (χ2v) is 3.05. The van der Waals surface area contributed by atoms with E-state index in [1.165, 1.54) is 0 Å². The van der Waals surface area contributed by atoms with Crippen molar-refractivity contribution in [1.82, 2.24) is 5.32 Å². The number of phenols is 1. The molecule has 0 fully saturated rings. The first-order chi connectivity index (χ1) is 7.22. The van der Waals surface area contributed by atoms with E-state index in [1.807, 2.05) is 0 Å². The highest BCUT2D eigenvalue weighted by Crippen LogP contribution is 2.10. The highest BCUT2D eigenvalue weighted by Gasteiger charge is 2.02. The Morgan fingerprint density at radius 3 is 3.00 bits per heavy atom. The summed E-state index contributed by atoms with van der Waals surface area (Å²) in [6, 6.07) is 6.66. The van der Waals surface area contributed by atoms with Gasteiger partial charge in [-0.1, -0.05) is 18.1 Å². The molecule has 2 N–H and O–H groups in total. The molecule has 78 valence electrons. The van der Waals surface area contributed by atoms with Crippen molar-refractivity contribution in [1.29, 1.82) is 0 Å². The van der Waals surface area contributed by atoms with Crippen molar-refractivity contribution in [2.24, 2.45) is 0 Å². The Balaban J connectivity index is 2.46. The maximum absolute atomic E-state index is 11.3. The van der Waals surface area contributed by atoms with Crippen LogP contribution in [0.2, 0.25) is 0 Å². The minimum absolute atomic E-state index is 0.0941. The molecule has 0 aliphatic heterocycles. The van der Waals surface area contributed by atoms with Gasteiger partial charge in [0.05, 0.1) is 13.0 Å². The van der Waals surface area contributed by atoms with Gasteiger partial charge in [-0.05, 0) is 24.6 Å². The first-order valence-electron chi connectivity index (χ1n) is 4.66. The van der Waals surface area contributed by atoms with Crippen molar-refractivity contribution >= 4 is 5.91 Å². The van der Waals surface area contributed by atoms with Gasteiger partial charge in [0.25, 0.3) is 0 Å². The van der Waals surface area contributed by atoms with E-state index in [1.54, 1.807) is 31.2 Å². The Kier molecular flexibility index (Phi) is 4.24. The van der Waals surface area contributed by atoms with Gasteiger partial charge in [-0.25, -0.2) is 0 Å². The third kappa shape index (κ3) is 4.19. The summed E-state index contributed by atoms with van der Waals surface area (Å²) in [7, 11) is 0. The zero-order valence-corrected chi connectivity index (χ0v) is 8.58. The van der Waals surface area contributed by atoms with Gasteiger partial charge in [0.2, 0.25) is 5.91 Å². The molecule has 1 rings (SSSR count). The molecule has 1 amide bonds. The Labute approximate surface area is 89.1 Å². The second-order valence-electron chi connectivity index (χ2n) is 3.05. The lowest BCUT2D eigenvalue weighted by Gasteiger charge is -2.02. The van der Waals surface area contributed by atoms with Crippen molar-refractivity contribution in [3.05, 3.63) is 29.8 Å². The Morgan fingerprint density at radius 1 is 1.53 bits per heavy atom. The van der Waals surface area contributed by atoms with Crippen LogP contribution in [0, 0.1) is 11.8 Å². The Bertz CT molecular complexity index is 402. The van der Waals surface area contributed by atoms with E-state index in [0.29, 0.717) is 6.54 Å².